The summed E-state index contributed by atoms with van der Waals surface area (Å²) in [6.07, 6.45) is 5.40. The zero-order chi connectivity index (χ0) is 31.3. The number of unbranched alkanes of at least 4 members (excludes halogenated alkanes) is 1. The van der Waals surface area contributed by atoms with Gasteiger partial charge in [-0.25, -0.2) is 10.1 Å². The van der Waals surface area contributed by atoms with Crippen molar-refractivity contribution in [1.29, 1.82) is 0 Å². The van der Waals surface area contributed by atoms with Gasteiger partial charge in [-0.3, -0.25) is 9.59 Å². The summed E-state index contributed by atoms with van der Waals surface area (Å²) in [5.74, 6) is 0.619. The Labute approximate surface area is 262 Å². The van der Waals surface area contributed by atoms with Crippen molar-refractivity contribution in [1.82, 2.24) is 20.5 Å². The minimum atomic E-state index is -0.462. The molecule has 0 spiro atoms. The van der Waals surface area contributed by atoms with Crippen molar-refractivity contribution in [2.24, 2.45) is 5.10 Å². The molecule has 9 heteroatoms. The van der Waals surface area contributed by atoms with Crippen LogP contribution in [-0.2, 0) is 11.4 Å². The summed E-state index contributed by atoms with van der Waals surface area (Å²) in [4.78, 5) is 25.0. The highest BCUT2D eigenvalue weighted by atomic mass is 16.5. The van der Waals surface area contributed by atoms with Crippen LogP contribution in [0.1, 0.15) is 41.3 Å². The number of hydrazone groups is 1. The topological polar surface area (TPSA) is 107 Å². The van der Waals surface area contributed by atoms with Gasteiger partial charge in [-0.2, -0.15) is 10.2 Å². The zero-order valence-electron chi connectivity index (χ0n) is 25.1. The van der Waals surface area contributed by atoms with Crippen molar-refractivity contribution in [3.8, 4) is 28.4 Å². The summed E-state index contributed by atoms with van der Waals surface area (Å²) in [5.41, 5.74) is 7.13. The molecule has 2 amide bonds. The molecule has 228 valence electrons. The predicted octanol–water partition coefficient (Wildman–Crippen LogP) is 6.18. The van der Waals surface area contributed by atoms with Crippen molar-refractivity contribution in [3.63, 3.8) is 0 Å². The van der Waals surface area contributed by atoms with Gasteiger partial charge in [0.1, 0.15) is 23.8 Å². The molecule has 2 N–H and O–H groups in total. The summed E-state index contributed by atoms with van der Waals surface area (Å²) in [6.45, 7) is 2.97. The maximum atomic E-state index is 12.5. The molecule has 1 aromatic heterocycles. The zero-order valence-corrected chi connectivity index (χ0v) is 25.1. The number of rotatable bonds is 14. The van der Waals surface area contributed by atoms with Gasteiger partial charge in [0, 0.05) is 22.9 Å². The average Bonchev–Trinajstić information content (AvgIpc) is 3.52. The first kappa shape index (κ1) is 30.7. The molecule has 0 aliphatic carbocycles. The first-order valence-corrected chi connectivity index (χ1v) is 14.8. The monoisotopic (exact) mass is 601 g/mol. The molecule has 0 saturated carbocycles. The second-order valence-electron chi connectivity index (χ2n) is 10.2. The van der Waals surface area contributed by atoms with E-state index in [-0.39, 0.29) is 12.5 Å². The highest BCUT2D eigenvalue weighted by molar-refractivity contribution is 5.96. The molecule has 4 aromatic carbocycles. The molecule has 0 aliphatic rings. The highest BCUT2D eigenvalue weighted by Crippen LogP contribution is 2.25. The Bertz CT molecular complexity index is 1700. The van der Waals surface area contributed by atoms with Crippen LogP contribution in [0.5, 0.6) is 11.5 Å². The van der Waals surface area contributed by atoms with Crippen molar-refractivity contribution in [2.45, 2.75) is 26.4 Å². The Morgan fingerprint density at radius 2 is 1.51 bits per heavy atom. The number of carbonyl (C=O) groups excluding carboxylic acids is 2. The number of benzene rings is 4. The van der Waals surface area contributed by atoms with Gasteiger partial charge in [-0.05, 0) is 72.6 Å². The van der Waals surface area contributed by atoms with E-state index < -0.39 is 5.91 Å². The van der Waals surface area contributed by atoms with E-state index in [0.29, 0.717) is 35.8 Å². The SMILES string of the molecule is CCCCOc1ccc(C(=O)NCC(=O)N/N=C/c2cn(-c3ccccc3)nc2-c2ccc(OCc3ccccc3)cc2)cc1. The molecule has 5 aromatic rings. The lowest BCUT2D eigenvalue weighted by Crippen LogP contribution is -2.34. The molecule has 1 heterocycles. The van der Waals surface area contributed by atoms with Crippen LogP contribution in [0.25, 0.3) is 16.9 Å². The van der Waals surface area contributed by atoms with Crippen LogP contribution >= 0.6 is 0 Å². The molecule has 45 heavy (non-hydrogen) atoms. The minimum Gasteiger partial charge on any atom is -0.494 e. The van der Waals surface area contributed by atoms with Crippen molar-refractivity contribution < 1.29 is 19.1 Å². The van der Waals surface area contributed by atoms with Gasteiger partial charge in [0.2, 0.25) is 0 Å². The van der Waals surface area contributed by atoms with Crippen LogP contribution in [0.2, 0.25) is 0 Å². The molecule has 9 nitrogen and oxygen atoms in total. The lowest BCUT2D eigenvalue weighted by molar-refractivity contribution is -0.120. The molecule has 0 bridgehead atoms. The average molecular weight is 602 g/mol. The molecular weight excluding hydrogens is 566 g/mol. The lowest BCUT2D eigenvalue weighted by Gasteiger charge is -2.07. The number of aromatic nitrogens is 2. The molecule has 0 atom stereocenters. The predicted molar refractivity (Wildman–Crippen MR) is 175 cm³/mol. The Kier molecular flexibility index (Phi) is 10.7. The van der Waals surface area contributed by atoms with Gasteiger partial charge in [-0.15, -0.1) is 0 Å². The van der Waals surface area contributed by atoms with E-state index in [9.17, 15) is 9.59 Å². The largest absolute Gasteiger partial charge is 0.494 e. The van der Waals surface area contributed by atoms with E-state index in [1.54, 1.807) is 35.2 Å². The molecule has 0 saturated heterocycles. The summed E-state index contributed by atoms with van der Waals surface area (Å²) >= 11 is 0. The Hall–Kier alpha value is -5.70. The van der Waals surface area contributed by atoms with E-state index in [0.717, 1.165) is 35.4 Å². The maximum Gasteiger partial charge on any atom is 0.259 e. The van der Waals surface area contributed by atoms with Crippen molar-refractivity contribution >= 4 is 18.0 Å². The molecule has 0 aliphatic heterocycles. The van der Waals surface area contributed by atoms with Crippen molar-refractivity contribution in [2.75, 3.05) is 13.2 Å². The third-order valence-corrected chi connectivity index (χ3v) is 6.82. The fourth-order valence-electron chi connectivity index (χ4n) is 4.38. The highest BCUT2D eigenvalue weighted by Gasteiger charge is 2.13. The number of hydrogen-bond donors (Lipinski definition) is 2. The number of para-hydroxylation sites is 1. The van der Waals surface area contributed by atoms with Gasteiger partial charge in [0.05, 0.1) is 25.1 Å². The van der Waals surface area contributed by atoms with Crippen LogP contribution < -0.4 is 20.2 Å². The maximum absolute atomic E-state index is 12.5. The summed E-state index contributed by atoms with van der Waals surface area (Å²) in [7, 11) is 0. The quantitative estimate of drug-likeness (QED) is 0.0899. The smallest absolute Gasteiger partial charge is 0.259 e. The minimum absolute atomic E-state index is 0.231. The van der Waals surface area contributed by atoms with E-state index >= 15 is 0 Å². The number of amides is 2. The van der Waals surface area contributed by atoms with E-state index in [4.69, 9.17) is 14.6 Å². The van der Waals surface area contributed by atoms with Crippen LogP contribution in [0.4, 0.5) is 0 Å². The van der Waals surface area contributed by atoms with Crippen molar-refractivity contribution in [3.05, 3.63) is 132 Å². The second-order valence-corrected chi connectivity index (χ2v) is 10.2. The normalized spacial score (nSPS) is 10.9. The molecule has 0 radical (unpaired) electrons. The number of nitrogens with one attached hydrogen (secondary N) is 2. The van der Waals surface area contributed by atoms with E-state index in [2.05, 4.69) is 22.8 Å². The standard InChI is InChI=1S/C36H35N5O4/c1-2-3-22-44-32-20-16-29(17-21-32)36(43)37-24-34(42)39-38-23-30-25-41(31-12-8-5-9-13-31)40-35(30)28-14-18-33(19-15-28)45-26-27-10-6-4-7-11-27/h4-21,23,25H,2-3,22,24,26H2,1H3,(H,37,43)(H,39,42)/b38-23+. The van der Waals surface area contributed by atoms with Crippen LogP contribution in [0, 0.1) is 0 Å². The van der Waals surface area contributed by atoms with Gasteiger partial charge in [-0.1, -0.05) is 61.9 Å². The summed E-state index contributed by atoms with van der Waals surface area (Å²) in [5, 5.41) is 11.6. The van der Waals surface area contributed by atoms with Crippen LogP contribution in [-0.4, -0.2) is 41.0 Å². The number of ether oxygens (including phenoxy) is 2. The Morgan fingerprint density at radius 3 is 2.22 bits per heavy atom. The lowest BCUT2D eigenvalue weighted by atomic mass is 10.1. The number of hydrogen-bond acceptors (Lipinski definition) is 6. The molecule has 0 fully saturated rings. The third-order valence-electron chi connectivity index (χ3n) is 6.82. The fourth-order valence-corrected chi connectivity index (χ4v) is 4.38. The van der Waals surface area contributed by atoms with E-state index in [1.165, 1.54) is 0 Å². The summed E-state index contributed by atoms with van der Waals surface area (Å²) < 4.78 is 13.3. The molecular formula is C36H35N5O4. The number of carbonyl (C=O) groups is 2. The van der Waals surface area contributed by atoms with Crippen LogP contribution in [0.3, 0.4) is 0 Å². The molecule has 0 unspecified atom stereocenters. The Balaban J connectivity index is 1.21. The first-order chi connectivity index (χ1) is 22.1. The summed E-state index contributed by atoms with van der Waals surface area (Å²) in [6, 6.07) is 34.2. The first-order valence-electron chi connectivity index (χ1n) is 14.8. The van der Waals surface area contributed by atoms with E-state index in [1.807, 2.05) is 91.1 Å². The van der Waals surface area contributed by atoms with Crippen LogP contribution in [0.15, 0.2) is 120 Å². The van der Waals surface area contributed by atoms with Gasteiger partial charge >= 0.3 is 0 Å². The Morgan fingerprint density at radius 1 is 0.844 bits per heavy atom. The fraction of sp³-hybridized carbons (Fsp3) is 0.167. The number of nitrogens with zero attached hydrogens (tertiary/aromatic N) is 3. The van der Waals surface area contributed by atoms with Gasteiger partial charge in [0.15, 0.2) is 0 Å². The third kappa shape index (κ3) is 8.90. The van der Waals surface area contributed by atoms with Gasteiger partial charge < -0.3 is 14.8 Å². The van der Waals surface area contributed by atoms with Gasteiger partial charge in [0.25, 0.3) is 11.8 Å². The molecule has 5 rings (SSSR count). The second kappa shape index (κ2) is 15.7.